The fourth-order valence-corrected chi connectivity index (χ4v) is 8.17. The highest BCUT2D eigenvalue weighted by atomic mass is 28.4. The first-order chi connectivity index (χ1) is 13.9. The molecule has 0 aliphatic carbocycles. The van der Waals surface area contributed by atoms with E-state index in [2.05, 4.69) is 98.2 Å². The lowest BCUT2D eigenvalue weighted by Gasteiger charge is -2.43. The molecule has 0 aromatic carbocycles. The molecule has 1 rings (SSSR count). The van der Waals surface area contributed by atoms with E-state index in [9.17, 15) is 0 Å². The van der Waals surface area contributed by atoms with E-state index in [-0.39, 0.29) is 18.3 Å². The van der Waals surface area contributed by atoms with Crippen LogP contribution < -0.4 is 0 Å². The van der Waals surface area contributed by atoms with Crippen LogP contribution in [0.5, 0.6) is 0 Å². The molecule has 0 radical (unpaired) electrons. The molecule has 0 amide bonds. The lowest BCUT2D eigenvalue weighted by Crippen LogP contribution is -2.59. The van der Waals surface area contributed by atoms with Crippen molar-refractivity contribution >= 4 is 41.6 Å². The van der Waals surface area contributed by atoms with Gasteiger partial charge in [0.15, 0.2) is 41.6 Å². The maximum atomic E-state index is 6.85. The highest BCUT2D eigenvalue weighted by Gasteiger charge is 2.61. The highest BCUT2D eigenvalue weighted by Crippen LogP contribution is 2.42. The van der Waals surface area contributed by atoms with Crippen LogP contribution in [0.2, 0.25) is 98.2 Å². The molecule has 1 heterocycles. The van der Waals surface area contributed by atoms with Gasteiger partial charge in [0.1, 0.15) is 18.3 Å². The van der Waals surface area contributed by atoms with Crippen LogP contribution in [0.25, 0.3) is 0 Å². The fourth-order valence-electron chi connectivity index (χ4n) is 3.44. The molecule has 1 aliphatic rings. The fraction of sp³-hybridized carbons (Fsp3) is 1.00. The molecule has 0 saturated carbocycles. The third-order valence-corrected chi connectivity index (χ3v) is 9.23. The van der Waals surface area contributed by atoms with Gasteiger partial charge >= 0.3 is 0 Å². The van der Waals surface area contributed by atoms with Crippen LogP contribution >= 0.6 is 0 Å². The minimum atomic E-state index is -2.02. The summed E-state index contributed by atoms with van der Waals surface area (Å²) >= 11 is 0. The number of hydrogen-bond acceptors (Lipinski definition) is 6. The van der Waals surface area contributed by atoms with Gasteiger partial charge in [0.2, 0.25) is 5.79 Å². The van der Waals surface area contributed by atoms with Gasteiger partial charge < -0.3 is 26.9 Å². The average molecular weight is 541 g/mol. The van der Waals surface area contributed by atoms with Crippen LogP contribution in [0.15, 0.2) is 0 Å². The molecule has 1 fully saturated rings. The zero-order valence-electron chi connectivity index (χ0n) is 23.6. The third-order valence-electron chi connectivity index (χ3n) is 4.29. The van der Waals surface area contributed by atoms with Crippen LogP contribution in [0.3, 0.4) is 0 Å². The van der Waals surface area contributed by atoms with Gasteiger partial charge in [-0.2, -0.15) is 0 Å². The zero-order valence-corrected chi connectivity index (χ0v) is 28.6. The summed E-state index contributed by atoms with van der Waals surface area (Å²) in [6, 6.07) is 0. The Morgan fingerprint density at radius 1 is 0.594 bits per heavy atom. The van der Waals surface area contributed by atoms with E-state index in [0.29, 0.717) is 13.2 Å². The van der Waals surface area contributed by atoms with Gasteiger partial charge in [-0.15, -0.1) is 0 Å². The Balaban J connectivity index is 3.53. The van der Waals surface area contributed by atoms with Crippen molar-refractivity contribution in [1.82, 2.24) is 0 Å². The molecule has 1 saturated heterocycles. The standard InChI is InChI=1S/C21H52O6Si5/c1-28(2,3)22-16-18-19(25-30(7,8)9)20(26-31(10,11)12)21(24-18,27-32(13,14)15)17-23-29(4,5)6/h18-20H,16-17H2,1-15H3/t18-,19-,20+,21+/m1/s1. The van der Waals surface area contributed by atoms with Gasteiger partial charge in [0.05, 0.1) is 13.2 Å². The number of ether oxygens (including phenoxy) is 1. The van der Waals surface area contributed by atoms with Gasteiger partial charge in [-0.25, -0.2) is 0 Å². The van der Waals surface area contributed by atoms with Gasteiger partial charge in [0.25, 0.3) is 0 Å². The molecule has 0 aromatic heterocycles. The van der Waals surface area contributed by atoms with Crippen molar-refractivity contribution in [2.75, 3.05) is 13.2 Å². The SMILES string of the molecule is C[Si](C)(C)OC[C@H]1O[C@@](CO[Si](C)(C)C)(O[Si](C)(C)C)[C@@H](O[Si](C)(C)C)[C@@H]1O[Si](C)(C)C. The van der Waals surface area contributed by atoms with E-state index in [1.165, 1.54) is 0 Å². The summed E-state index contributed by atoms with van der Waals surface area (Å²) in [7, 11) is -9.43. The van der Waals surface area contributed by atoms with Crippen LogP contribution in [-0.4, -0.2) is 78.9 Å². The van der Waals surface area contributed by atoms with Crippen LogP contribution in [0, 0.1) is 0 Å². The van der Waals surface area contributed by atoms with Gasteiger partial charge in [0, 0.05) is 0 Å². The second kappa shape index (κ2) is 10.4. The topological polar surface area (TPSA) is 55.4 Å². The summed E-state index contributed by atoms with van der Waals surface area (Å²) in [4.78, 5) is 0. The molecule has 0 N–H and O–H groups in total. The Hall–Kier alpha value is 0.844. The predicted molar refractivity (Wildman–Crippen MR) is 147 cm³/mol. The lowest BCUT2D eigenvalue weighted by atomic mass is 10.1. The zero-order chi connectivity index (χ0) is 25.4. The van der Waals surface area contributed by atoms with Crippen molar-refractivity contribution in [2.24, 2.45) is 0 Å². The van der Waals surface area contributed by atoms with E-state index in [1.54, 1.807) is 0 Å². The Bertz CT molecular complexity index is 600. The monoisotopic (exact) mass is 540 g/mol. The minimum Gasteiger partial charge on any atom is -0.415 e. The molecular weight excluding hydrogens is 489 g/mol. The summed E-state index contributed by atoms with van der Waals surface area (Å²) in [6.45, 7) is 33.9. The number of hydrogen-bond donors (Lipinski definition) is 0. The quantitative estimate of drug-likeness (QED) is 0.280. The van der Waals surface area contributed by atoms with Crippen molar-refractivity contribution in [1.29, 1.82) is 0 Å². The van der Waals surface area contributed by atoms with Crippen molar-refractivity contribution in [3.63, 3.8) is 0 Å². The molecule has 0 aromatic rings. The van der Waals surface area contributed by atoms with E-state index < -0.39 is 47.4 Å². The molecule has 0 bridgehead atoms. The Kier molecular flexibility index (Phi) is 10.1. The first-order valence-electron chi connectivity index (χ1n) is 11.9. The maximum absolute atomic E-state index is 6.85. The van der Waals surface area contributed by atoms with Gasteiger partial charge in [-0.05, 0) is 98.2 Å². The van der Waals surface area contributed by atoms with E-state index in [4.69, 9.17) is 26.9 Å². The highest BCUT2D eigenvalue weighted by molar-refractivity contribution is 6.71. The van der Waals surface area contributed by atoms with E-state index >= 15 is 0 Å². The van der Waals surface area contributed by atoms with Crippen molar-refractivity contribution < 1.29 is 26.9 Å². The van der Waals surface area contributed by atoms with Crippen molar-refractivity contribution in [2.45, 2.75) is 122 Å². The minimum absolute atomic E-state index is 0.244. The normalized spacial score (nSPS) is 28.4. The molecule has 0 spiro atoms. The van der Waals surface area contributed by atoms with Crippen molar-refractivity contribution in [3.05, 3.63) is 0 Å². The second-order valence-electron chi connectivity index (χ2n) is 13.9. The molecule has 32 heavy (non-hydrogen) atoms. The third kappa shape index (κ3) is 11.5. The van der Waals surface area contributed by atoms with Crippen molar-refractivity contribution in [3.8, 4) is 0 Å². The predicted octanol–water partition coefficient (Wildman–Crippen LogP) is 6.08. The molecule has 11 heteroatoms. The molecule has 192 valence electrons. The number of rotatable bonds is 12. The summed E-state index contributed by atoms with van der Waals surface area (Å²) in [5, 5.41) is 0. The molecule has 0 unspecified atom stereocenters. The van der Waals surface area contributed by atoms with E-state index in [0.717, 1.165) is 0 Å². The summed E-state index contributed by atoms with van der Waals surface area (Å²) in [6.07, 6.45) is -0.845. The summed E-state index contributed by atoms with van der Waals surface area (Å²) < 4.78 is 40.1. The largest absolute Gasteiger partial charge is 0.415 e. The van der Waals surface area contributed by atoms with Crippen LogP contribution in [0.1, 0.15) is 0 Å². The van der Waals surface area contributed by atoms with Gasteiger partial charge in [-0.1, -0.05) is 0 Å². The Labute approximate surface area is 203 Å². The average Bonchev–Trinajstić information content (AvgIpc) is 2.71. The smallest absolute Gasteiger partial charge is 0.210 e. The van der Waals surface area contributed by atoms with Gasteiger partial charge in [-0.3, -0.25) is 0 Å². The molecule has 1 aliphatic heterocycles. The van der Waals surface area contributed by atoms with Crippen LogP contribution in [0.4, 0.5) is 0 Å². The second-order valence-corrected chi connectivity index (χ2v) is 36.2. The summed E-state index contributed by atoms with van der Waals surface area (Å²) in [5.41, 5.74) is 0. The molecule has 6 nitrogen and oxygen atoms in total. The Morgan fingerprint density at radius 3 is 1.44 bits per heavy atom. The molecular formula is C21H52O6Si5. The first kappa shape index (κ1) is 30.9. The summed E-state index contributed by atoms with van der Waals surface area (Å²) in [5.74, 6) is -0.983. The van der Waals surface area contributed by atoms with E-state index in [1.807, 2.05) is 0 Å². The Morgan fingerprint density at radius 2 is 1.06 bits per heavy atom. The first-order valence-corrected chi connectivity index (χ1v) is 29.0. The van der Waals surface area contributed by atoms with Crippen LogP contribution in [-0.2, 0) is 26.9 Å². The maximum Gasteiger partial charge on any atom is 0.210 e. The molecule has 4 atom stereocenters. The lowest BCUT2D eigenvalue weighted by molar-refractivity contribution is -0.229.